The van der Waals surface area contributed by atoms with E-state index in [4.69, 9.17) is 22.2 Å². The summed E-state index contributed by atoms with van der Waals surface area (Å²) in [5.74, 6) is 1.87. The van der Waals surface area contributed by atoms with Crippen molar-refractivity contribution in [2.45, 2.75) is 70.4 Å². The highest BCUT2D eigenvalue weighted by Gasteiger charge is 2.24. The second-order valence-electron chi connectivity index (χ2n) is 9.33. The van der Waals surface area contributed by atoms with E-state index in [-0.39, 0.29) is 5.78 Å². The molecule has 7 nitrogen and oxygen atoms in total. The van der Waals surface area contributed by atoms with Crippen LogP contribution in [0, 0.1) is 0 Å². The largest absolute Gasteiger partial charge is 0.362 e. The molecular weight excluding hydrogens is 432 g/mol. The summed E-state index contributed by atoms with van der Waals surface area (Å²) in [7, 11) is 4.12. The maximum atomic E-state index is 11.6. The zero-order valence-electron chi connectivity index (χ0n) is 19.8. The third kappa shape index (κ3) is 5.99. The number of Topliss-reactive ketones (excluding diaryl/α,β-unsaturated/α-hetero) is 1. The molecular formula is C25H34N6OS. The number of rotatable bonds is 6. The van der Waals surface area contributed by atoms with Gasteiger partial charge in [-0.05, 0) is 82.6 Å². The Morgan fingerprint density at radius 1 is 1.06 bits per heavy atom. The monoisotopic (exact) mass is 466 g/mol. The van der Waals surface area contributed by atoms with Gasteiger partial charge in [0.15, 0.2) is 10.9 Å². The van der Waals surface area contributed by atoms with Crippen molar-refractivity contribution in [2.24, 2.45) is 0 Å². The number of anilines is 3. The predicted molar refractivity (Wildman–Crippen MR) is 138 cm³/mol. The van der Waals surface area contributed by atoms with E-state index in [1.54, 1.807) is 6.92 Å². The maximum absolute atomic E-state index is 11.6. The van der Waals surface area contributed by atoms with Gasteiger partial charge in [0.05, 0.1) is 5.69 Å². The molecule has 0 radical (unpaired) electrons. The number of thiocarbonyl (C=S) groups is 1. The van der Waals surface area contributed by atoms with Crippen LogP contribution < -0.4 is 20.9 Å². The molecule has 0 unspecified atom stereocenters. The topological polar surface area (TPSA) is 82.2 Å². The maximum Gasteiger partial charge on any atom is 0.225 e. The third-order valence-corrected chi connectivity index (χ3v) is 6.73. The van der Waals surface area contributed by atoms with E-state index in [2.05, 4.69) is 34.9 Å². The Bertz CT molecular complexity index is 1020. The predicted octanol–water partition coefficient (Wildman–Crippen LogP) is 4.33. The molecule has 2 aliphatic rings. The van der Waals surface area contributed by atoms with E-state index < -0.39 is 0 Å². The molecule has 2 aromatic rings. The number of hydrogen-bond acceptors (Lipinski definition) is 6. The fourth-order valence-electron chi connectivity index (χ4n) is 4.74. The summed E-state index contributed by atoms with van der Waals surface area (Å²) in [6, 6.07) is 8.13. The van der Waals surface area contributed by atoms with Gasteiger partial charge in [-0.1, -0.05) is 12.1 Å². The van der Waals surface area contributed by atoms with Crippen LogP contribution in [0.3, 0.4) is 0 Å². The number of aryl methyl sites for hydroxylation is 1. The molecule has 1 fully saturated rings. The van der Waals surface area contributed by atoms with Crippen LogP contribution >= 0.6 is 12.2 Å². The van der Waals surface area contributed by atoms with Crippen molar-refractivity contribution in [3.63, 3.8) is 0 Å². The molecule has 3 N–H and O–H groups in total. The summed E-state index contributed by atoms with van der Waals surface area (Å²) in [6.07, 6.45) is 8.68. The van der Waals surface area contributed by atoms with E-state index in [0.717, 1.165) is 56.0 Å². The van der Waals surface area contributed by atoms with E-state index >= 15 is 0 Å². The second-order valence-corrected chi connectivity index (χ2v) is 9.73. The number of carbonyl (C=O) groups excluding carboxylic acids is 1. The van der Waals surface area contributed by atoms with Crippen LogP contribution in [0.25, 0.3) is 0 Å². The average molecular weight is 467 g/mol. The van der Waals surface area contributed by atoms with Crippen LogP contribution in [-0.4, -0.2) is 47.0 Å². The van der Waals surface area contributed by atoms with Crippen molar-refractivity contribution in [3.8, 4) is 0 Å². The molecule has 0 bridgehead atoms. The molecule has 1 heterocycles. The molecule has 4 rings (SSSR count). The van der Waals surface area contributed by atoms with Gasteiger partial charge in [0, 0.05) is 43.0 Å². The summed E-state index contributed by atoms with van der Waals surface area (Å²) in [5.41, 5.74) is 4.04. The van der Waals surface area contributed by atoms with E-state index in [0.29, 0.717) is 22.8 Å². The Balaban J connectivity index is 1.29. The van der Waals surface area contributed by atoms with Crippen LogP contribution in [0.15, 0.2) is 24.3 Å². The number of hydrogen-bond donors (Lipinski definition) is 3. The summed E-state index contributed by atoms with van der Waals surface area (Å²) in [6.45, 7) is 1.57. The second kappa shape index (κ2) is 10.5. The number of nitrogens with zero attached hydrogens (tertiary/aromatic N) is 3. The Labute approximate surface area is 201 Å². The van der Waals surface area contributed by atoms with Crippen LogP contribution in [0.1, 0.15) is 67.1 Å². The molecule has 176 valence electrons. The van der Waals surface area contributed by atoms with Crippen LogP contribution in [-0.2, 0) is 12.8 Å². The minimum absolute atomic E-state index is 0.0453. The highest BCUT2D eigenvalue weighted by molar-refractivity contribution is 7.80. The minimum Gasteiger partial charge on any atom is -0.362 e. The number of benzene rings is 1. The number of aromatic nitrogens is 2. The fourth-order valence-corrected chi connectivity index (χ4v) is 5.03. The molecule has 0 spiro atoms. The van der Waals surface area contributed by atoms with Gasteiger partial charge < -0.3 is 20.9 Å². The third-order valence-electron chi connectivity index (χ3n) is 6.51. The average Bonchev–Trinajstić information content (AvgIpc) is 2.80. The lowest BCUT2D eigenvalue weighted by molar-refractivity contribution is 0.101. The van der Waals surface area contributed by atoms with Crippen LogP contribution in [0.5, 0.6) is 0 Å². The van der Waals surface area contributed by atoms with Gasteiger partial charge >= 0.3 is 0 Å². The van der Waals surface area contributed by atoms with Gasteiger partial charge in [-0.3, -0.25) is 4.79 Å². The SMILES string of the molecule is CC(=O)c1cccc(NC(=S)NC2CCC(Nc3nc4c(c(N(C)C)n3)CCCC4)CC2)c1. The molecule has 1 saturated carbocycles. The van der Waals surface area contributed by atoms with Gasteiger partial charge in [-0.2, -0.15) is 4.98 Å². The lowest BCUT2D eigenvalue weighted by atomic mass is 9.91. The molecule has 8 heteroatoms. The Kier molecular flexibility index (Phi) is 7.42. The van der Waals surface area contributed by atoms with Gasteiger partial charge in [-0.25, -0.2) is 4.98 Å². The van der Waals surface area contributed by atoms with Gasteiger partial charge in [-0.15, -0.1) is 0 Å². The van der Waals surface area contributed by atoms with Crippen molar-refractivity contribution in [2.75, 3.05) is 29.6 Å². The van der Waals surface area contributed by atoms with E-state index in [1.807, 2.05) is 24.3 Å². The molecule has 1 aromatic carbocycles. The van der Waals surface area contributed by atoms with Gasteiger partial charge in [0.25, 0.3) is 0 Å². The van der Waals surface area contributed by atoms with Crippen molar-refractivity contribution in [1.82, 2.24) is 15.3 Å². The molecule has 2 aliphatic carbocycles. The van der Waals surface area contributed by atoms with Crippen LogP contribution in [0.2, 0.25) is 0 Å². The molecule has 0 amide bonds. The number of fused-ring (bicyclic) bond motifs is 1. The van der Waals surface area contributed by atoms with Crippen molar-refractivity contribution in [1.29, 1.82) is 0 Å². The first-order valence-electron chi connectivity index (χ1n) is 11.9. The molecule has 1 aromatic heterocycles. The first-order valence-corrected chi connectivity index (χ1v) is 12.3. The van der Waals surface area contributed by atoms with Crippen molar-refractivity contribution < 1.29 is 4.79 Å². The lowest BCUT2D eigenvalue weighted by Crippen LogP contribution is -2.42. The summed E-state index contributed by atoms with van der Waals surface area (Å²) in [4.78, 5) is 23.4. The number of carbonyl (C=O) groups is 1. The van der Waals surface area contributed by atoms with Crippen molar-refractivity contribution >= 4 is 40.6 Å². The van der Waals surface area contributed by atoms with Gasteiger partial charge in [0.1, 0.15) is 5.82 Å². The molecule has 33 heavy (non-hydrogen) atoms. The zero-order chi connectivity index (χ0) is 23.4. The highest BCUT2D eigenvalue weighted by Crippen LogP contribution is 2.29. The van der Waals surface area contributed by atoms with E-state index in [9.17, 15) is 4.79 Å². The van der Waals surface area contributed by atoms with Crippen LogP contribution in [0.4, 0.5) is 17.5 Å². The quantitative estimate of drug-likeness (QED) is 0.429. The molecule has 0 aliphatic heterocycles. The first kappa shape index (κ1) is 23.4. The first-order chi connectivity index (χ1) is 15.9. The number of nitrogens with one attached hydrogen (secondary N) is 3. The van der Waals surface area contributed by atoms with Crippen molar-refractivity contribution in [3.05, 3.63) is 41.1 Å². The summed E-state index contributed by atoms with van der Waals surface area (Å²) < 4.78 is 0. The summed E-state index contributed by atoms with van der Waals surface area (Å²) >= 11 is 5.51. The number of ketones is 1. The molecule has 0 atom stereocenters. The Morgan fingerprint density at radius 2 is 1.79 bits per heavy atom. The lowest BCUT2D eigenvalue weighted by Gasteiger charge is -2.31. The smallest absolute Gasteiger partial charge is 0.225 e. The highest BCUT2D eigenvalue weighted by atomic mass is 32.1. The minimum atomic E-state index is 0.0453. The Hall–Kier alpha value is -2.74. The van der Waals surface area contributed by atoms with Gasteiger partial charge in [0.2, 0.25) is 5.95 Å². The summed E-state index contributed by atoms with van der Waals surface area (Å²) in [5, 5.41) is 10.8. The fraction of sp³-hybridized carbons (Fsp3) is 0.520. The zero-order valence-corrected chi connectivity index (χ0v) is 20.6. The normalized spacial score (nSPS) is 19.8. The standard InChI is InChI=1S/C25H34N6OS/c1-16(32)17-7-6-8-20(15-17)28-25(33)27-19-13-11-18(12-14-19)26-24-29-22-10-5-4-9-21(22)23(30-24)31(2)3/h6-8,15,18-19H,4-5,9-14H2,1-3H3,(H,26,29,30)(H2,27,28,33). The Morgan fingerprint density at radius 3 is 2.52 bits per heavy atom. The van der Waals surface area contributed by atoms with E-state index in [1.165, 1.54) is 24.1 Å². The molecule has 0 saturated heterocycles.